The van der Waals surface area contributed by atoms with Crippen LogP contribution in [0.2, 0.25) is 0 Å². The van der Waals surface area contributed by atoms with Crippen LogP contribution in [0.3, 0.4) is 0 Å². The monoisotopic (exact) mass is 315 g/mol. The highest BCUT2D eigenvalue weighted by molar-refractivity contribution is 7.89. The molecule has 6 nitrogen and oxygen atoms in total. The van der Waals surface area contributed by atoms with E-state index in [2.05, 4.69) is 17.0 Å². The van der Waals surface area contributed by atoms with E-state index in [1.807, 2.05) is 11.6 Å². The Hall–Kier alpha value is -0.890. The van der Waals surface area contributed by atoms with Gasteiger partial charge in [-0.25, -0.2) is 13.1 Å². The molecule has 1 aliphatic heterocycles. The summed E-state index contributed by atoms with van der Waals surface area (Å²) in [5.41, 5.74) is 0.959. The normalized spacial score (nSPS) is 19.2. The number of aromatic nitrogens is 1. The lowest BCUT2D eigenvalue weighted by atomic mass is 10.2. The second-order valence-electron chi connectivity index (χ2n) is 5.44. The van der Waals surface area contributed by atoms with Crippen molar-refractivity contribution in [3.63, 3.8) is 0 Å². The molecular weight excluding hydrogens is 290 g/mol. The van der Waals surface area contributed by atoms with Gasteiger partial charge in [0.1, 0.15) is 0 Å². The number of nitrogens with one attached hydrogen (secondary N) is 2. The van der Waals surface area contributed by atoms with Gasteiger partial charge < -0.3 is 14.6 Å². The fourth-order valence-corrected chi connectivity index (χ4v) is 3.54. The molecule has 1 atom stereocenters. The Morgan fingerprint density at radius 2 is 2.29 bits per heavy atom. The van der Waals surface area contributed by atoms with Crippen LogP contribution in [0.25, 0.3) is 0 Å². The van der Waals surface area contributed by atoms with Gasteiger partial charge in [0.2, 0.25) is 10.0 Å². The molecule has 1 fully saturated rings. The summed E-state index contributed by atoms with van der Waals surface area (Å²) in [6, 6.07) is 1.72. The average molecular weight is 315 g/mol. The van der Waals surface area contributed by atoms with Gasteiger partial charge in [-0.05, 0) is 31.9 Å². The van der Waals surface area contributed by atoms with E-state index in [1.54, 1.807) is 12.3 Å². The zero-order valence-corrected chi connectivity index (χ0v) is 13.6. The minimum Gasteiger partial charge on any atom is -0.377 e. The van der Waals surface area contributed by atoms with E-state index in [-0.39, 0.29) is 6.10 Å². The maximum atomic E-state index is 12.3. The molecule has 21 heavy (non-hydrogen) atoms. The van der Waals surface area contributed by atoms with Gasteiger partial charge in [-0.15, -0.1) is 0 Å². The molecule has 0 aromatic carbocycles. The molecule has 1 saturated heterocycles. The van der Waals surface area contributed by atoms with Crippen molar-refractivity contribution in [2.24, 2.45) is 7.05 Å². The smallest absolute Gasteiger partial charge is 0.242 e. The number of hydrogen-bond donors (Lipinski definition) is 2. The predicted molar refractivity (Wildman–Crippen MR) is 81.6 cm³/mol. The minimum absolute atomic E-state index is 0.00850. The summed E-state index contributed by atoms with van der Waals surface area (Å²) in [5.74, 6) is 0. The highest BCUT2D eigenvalue weighted by atomic mass is 32.2. The third kappa shape index (κ3) is 4.54. The molecule has 0 amide bonds. The lowest BCUT2D eigenvalue weighted by Crippen LogP contribution is -2.31. The topological polar surface area (TPSA) is 72.4 Å². The Kier molecular flexibility index (Phi) is 5.80. The highest BCUT2D eigenvalue weighted by Gasteiger charge is 2.21. The second-order valence-corrected chi connectivity index (χ2v) is 7.21. The Morgan fingerprint density at radius 1 is 1.48 bits per heavy atom. The van der Waals surface area contributed by atoms with Crippen molar-refractivity contribution in [3.8, 4) is 0 Å². The fourth-order valence-electron chi connectivity index (χ4n) is 2.38. The minimum atomic E-state index is -3.46. The zero-order valence-electron chi connectivity index (χ0n) is 12.8. The van der Waals surface area contributed by atoms with Crippen molar-refractivity contribution in [1.82, 2.24) is 14.6 Å². The summed E-state index contributed by atoms with van der Waals surface area (Å²) >= 11 is 0. The molecule has 2 rings (SSSR count). The van der Waals surface area contributed by atoms with Gasteiger partial charge in [-0.2, -0.15) is 0 Å². The number of sulfonamides is 1. The van der Waals surface area contributed by atoms with Crippen LogP contribution in [0, 0.1) is 0 Å². The second kappa shape index (κ2) is 7.40. The molecule has 2 N–H and O–H groups in total. The third-order valence-electron chi connectivity index (χ3n) is 3.65. The number of ether oxygens (including phenoxy) is 1. The molecule has 0 saturated carbocycles. The first-order chi connectivity index (χ1) is 10.0. The van der Waals surface area contributed by atoms with Crippen LogP contribution in [0.4, 0.5) is 0 Å². The van der Waals surface area contributed by atoms with Crippen LogP contribution >= 0.6 is 0 Å². The van der Waals surface area contributed by atoms with Crippen molar-refractivity contribution in [2.45, 2.75) is 43.7 Å². The number of nitrogens with zero attached hydrogens (tertiary/aromatic N) is 1. The van der Waals surface area contributed by atoms with Crippen molar-refractivity contribution >= 4 is 10.0 Å². The molecule has 1 aliphatic rings. The molecule has 7 heteroatoms. The van der Waals surface area contributed by atoms with Gasteiger partial charge in [-0.1, -0.05) is 6.92 Å². The first-order valence-electron chi connectivity index (χ1n) is 7.50. The van der Waals surface area contributed by atoms with E-state index in [9.17, 15) is 8.42 Å². The molecule has 1 aromatic heterocycles. The standard InChI is InChI=1S/C14H25N3O3S/c1-3-6-15-9-12-8-14(11-17(12)2)21(18,19)16-10-13-5-4-7-20-13/h8,11,13,15-16H,3-7,9-10H2,1-2H3. The molecule has 0 radical (unpaired) electrons. The quantitative estimate of drug-likeness (QED) is 0.702. The SMILES string of the molecule is CCCNCc1cc(S(=O)(=O)NCC2CCCO2)cn1C. The van der Waals surface area contributed by atoms with E-state index < -0.39 is 10.0 Å². The number of hydrogen-bond acceptors (Lipinski definition) is 4. The molecular formula is C14H25N3O3S. The van der Waals surface area contributed by atoms with Crippen molar-refractivity contribution in [3.05, 3.63) is 18.0 Å². The third-order valence-corrected chi connectivity index (χ3v) is 5.04. The maximum Gasteiger partial charge on any atom is 0.242 e. The molecule has 1 unspecified atom stereocenters. The van der Waals surface area contributed by atoms with Crippen LogP contribution in [-0.4, -0.2) is 38.8 Å². The molecule has 0 spiro atoms. The lowest BCUT2D eigenvalue weighted by molar-refractivity contribution is 0.114. The largest absolute Gasteiger partial charge is 0.377 e. The average Bonchev–Trinajstić information content (AvgIpc) is 3.07. The summed E-state index contributed by atoms with van der Waals surface area (Å²) in [5, 5.41) is 3.28. The van der Waals surface area contributed by atoms with Crippen LogP contribution in [0.5, 0.6) is 0 Å². The highest BCUT2D eigenvalue weighted by Crippen LogP contribution is 2.15. The van der Waals surface area contributed by atoms with Gasteiger partial charge in [0.05, 0.1) is 11.0 Å². The van der Waals surface area contributed by atoms with Crippen LogP contribution in [0.15, 0.2) is 17.2 Å². The van der Waals surface area contributed by atoms with Crippen LogP contribution in [0.1, 0.15) is 31.9 Å². The number of rotatable bonds is 8. The van der Waals surface area contributed by atoms with Crippen LogP contribution in [-0.2, 0) is 28.4 Å². The van der Waals surface area contributed by atoms with E-state index in [1.165, 1.54) is 0 Å². The van der Waals surface area contributed by atoms with Gasteiger partial charge in [-0.3, -0.25) is 0 Å². The van der Waals surface area contributed by atoms with Crippen LogP contribution < -0.4 is 10.0 Å². The van der Waals surface area contributed by atoms with Crippen molar-refractivity contribution in [2.75, 3.05) is 19.7 Å². The summed E-state index contributed by atoms with van der Waals surface area (Å²) in [4.78, 5) is 0.316. The van der Waals surface area contributed by atoms with E-state index in [0.29, 0.717) is 18.0 Å². The van der Waals surface area contributed by atoms with E-state index in [4.69, 9.17) is 4.74 Å². The Balaban J connectivity index is 1.96. The maximum absolute atomic E-state index is 12.3. The summed E-state index contributed by atoms with van der Waals surface area (Å²) in [7, 11) is -1.60. The Labute approximate surface area is 126 Å². The Morgan fingerprint density at radius 3 is 2.95 bits per heavy atom. The first-order valence-corrected chi connectivity index (χ1v) is 8.98. The summed E-state index contributed by atoms with van der Waals surface area (Å²) in [6.07, 6.45) is 4.64. The molecule has 1 aromatic rings. The summed E-state index contributed by atoms with van der Waals surface area (Å²) in [6.45, 7) is 4.77. The fraction of sp³-hybridized carbons (Fsp3) is 0.714. The Bertz CT molecular complexity index is 548. The zero-order chi connectivity index (χ0) is 15.3. The van der Waals surface area contributed by atoms with E-state index in [0.717, 1.165) is 38.1 Å². The summed E-state index contributed by atoms with van der Waals surface area (Å²) < 4.78 is 34.5. The van der Waals surface area contributed by atoms with Gasteiger partial charge >= 0.3 is 0 Å². The van der Waals surface area contributed by atoms with Gasteiger partial charge in [0.25, 0.3) is 0 Å². The van der Waals surface area contributed by atoms with Gasteiger partial charge in [0.15, 0.2) is 0 Å². The molecule has 2 heterocycles. The van der Waals surface area contributed by atoms with Crippen molar-refractivity contribution < 1.29 is 13.2 Å². The van der Waals surface area contributed by atoms with Crippen molar-refractivity contribution in [1.29, 1.82) is 0 Å². The molecule has 0 bridgehead atoms. The molecule has 0 aliphatic carbocycles. The first kappa shape index (κ1) is 16.5. The predicted octanol–water partition coefficient (Wildman–Crippen LogP) is 0.982. The lowest BCUT2D eigenvalue weighted by Gasteiger charge is -2.10. The van der Waals surface area contributed by atoms with Gasteiger partial charge in [0, 0.05) is 38.6 Å². The number of aryl methyl sites for hydroxylation is 1. The van der Waals surface area contributed by atoms with E-state index >= 15 is 0 Å². The molecule has 120 valence electrons.